The molecule has 1 unspecified atom stereocenters. The highest BCUT2D eigenvalue weighted by atomic mass is 32.2. The second-order valence-corrected chi connectivity index (χ2v) is 44.7. The maximum Gasteiger partial charge on any atom is 0.226 e. The van der Waals surface area contributed by atoms with Crippen LogP contribution in [0, 0.1) is 82.3 Å². The molecule has 4 aromatic rings. The number of hydrogen-bond acceptors (Lipinski definition) is 15. The summed E-state index contributed by atoms with van der Waals surface area (Å²) in [6, 6.07) is 33.8. The van der Waals surface area contributed by atoms with Gasteiger partial charge in [-0.1, -0.05) is 267 Å². The first kappa shape index (κ1) is 124. The van der Waals surface area contributed by atoms with Gasteiger partial charge in [0.1, 0.15) is 17.9 Å². The number of fused-ring (bicyclic) bond motifs is 1. The monoisotopic (exact) mass is 1960 g/mol. The third-order valence-electron chi connectivity index (χ3n) is 25.9. The number of piperidine rings is 4. The summed E-state index contributed by atoms with van der Waals surface area (Å²) in [5.41, 5.74) is 8.18. The molecule has 10 amide bonds. The molecule has 0 aliphatic carbocycles. The van der Waals surface area contributed by atoms with Crippen molar-refractivity contribution in [3.05, 3.63) is 138 Å². The van der Waals surface area contributed by atoms with E-state index in [4.69, 9.17) is 8.92 Å². The van der Waals surface area contributed by atoms with Crippen molar-refractivity contribution in [3.8, 4) is 0 Å². The molecule has 5 N–H and O–H groups in total. The Labute approximate surface area is 838 Å². The quantitative estimate of drug-likeness (QED) is 0.0514. The Morgan fingerprint density at radius 2 is 0.906 bits per heavy atom. The van der Waals surface area contributed by atoms with Crippen molar-refractivity contribution >= 4 is 91.8 Å². The number of anilines is 3. The van der Waals surface area contributed by atoms with E-state index >= 15 is 0 Å². The number of nitrogens with one attached hydrogen (secondary N) is 4. The maximum absolute atomic E-state index is 13.5. The summed E-state index contributed by atoms with van der Waals surface area (Å²) in [4.78, 5) is 129. The van der Waals surface area contributed by atoms with Gasteiger partial charge in [0.2, 0.25) is 59.1 Å². The Balaban J connectivity index is 0.000000398. The van der Waals surface area contributed by atoms with Crippen LogP contribution in [0.4, 0.5) is 21.5 Å². The predicted molar refractivity (Wildman–Crippen MR) is 567 cm³/mol. The molecule has 8 aliphatic rings. The van der Waals surface area contributed by atoms with Crippen molar-refractivity contribution in [3.63, 3.8) is 0 Å². The maximum atomic E-state index is 13.5. The average Bonchev–Trinajstić information content (AvgIpc) is 1.62. The molecular formula is C112H184FN11O14S. The van der Waals surface area contributed by atoms with Gasteiger partial charge in [-0.25, -0.2) is 8.60 Å². The lowest BCUT2D eigenvalue weighted by Crippen LogP contribution is -2.49. The molecular weight excluding hydrogens is 1770 g/mol. The summed E-state index contributed by atoms with van der Waals surface area (Å²) in [6.07, 6.45) is 14.0. The molecule has 8 aliphatic heterocycles. The minimum absolute atomic E-state index is 0.0111. The van der Waals surface area contributed by atoms with E-state index < -0.39 is 22.1 Å². The van der Waals surface area contributed by atoms with E-state index in [1.165, 1.54) is 71.9 Å². The number of aliphatic hydroxyl groups is 1. The number of β-amino-alcohol motifs (C(OH)–C–C–N with tert-alkyl or cyclic N) is 1. The van der Waals surface area contributed by atoms with Gasteiger partial charge in [0.05, 0.1) is 35.5 Å². The number of para-hydroxylation sites is 1. The molecule has 12 rings (SSSR count). The van der Waals surface area contributed by atoms with Gasteiger partial charge in [0.25, 0.3) is 0 Å². The minimum atomic E-state index is -2.69. The second kappa shape index (κ2) is 62.3. The van der Waals surface area contributed by atoms with E-state index in [9.17, 15) is 61.7 Å². The van der Waals surface area contributed by atoms with Crippen LogP contribution >= 0.6 is 0 Å². The molecule has 0 radical (unpaired) electrons. The lowest BCUT2D eigenvalue weighted by molar-refractivity contribution is -0.138. The van der Waals surface area contributed by atoms with Gasteiger partial charge < -0.3 is 65.4 Å². The van der Waals surface area contributed by atoms with E-state index in [0.29, 0.717) is 54.4 Å². The number of amides is 10. The number of rotatable bonds is 20. The highest BCUT2D eigenvalue weighted by Gasteiger charge is 2.43. The predicted octanol–water partition coefficient (Wildman–Crippen LogP) is 19.5. The van der Waals surface area contributed by atoms with E-state index in [-0.39, 0.29) is 125 Å². The fraction of sp³-hybridized carbons (Fsp3) is 0.670. The van der Waals surface area contributed by atoms with Crippen molar-refractivity contribution in [2.75, 3.05) is 114 Å². The van der Waals surface area contributed by atoms with Gasteiger partial charge in [-0.2, -0.15) is 0 Å². The van der Waals surface area contributed by atoms with Gasteiger partial charge >= 0.3 is 0 Å². The van der Waals surface area contributed by atoms with Crippen molar-refractivity contribution in [1.29, 1.82) is 0 Å². The fourth-order valence-electron chi connectivity index (χ4n) is 16.3. The number of alkyl halides is 1. The molecule has 6 atom stereocenters. The summed E-state index contributed by atoms with van der Waals surface area (Å²) in [5.74, 6) is 8.57. The summed E-state index contributed by atoms with van der Waals surface area (Å²) in [7, 11) is -2.69. The first-order valence-electron chi connectivity index (χ1n) is 51.8. The number of aliphatic hydroxyl groups excluding tert-OH is 1. The topological polar surface area (TPSA) is 297 Å². The molecule has 4 aromatic carbocycles. The molecule has 139 heavy (non-hydrogen) atoms. The molecule has 7 fully saturated rings. The van der Waals surface area contributed by atoms with Crippen LogP contribution in [0.1, 0.15) is 280 Å². The van der Waals surface area contributed by atoms with E-state index in [1.807, 2.05) is 235 Å². The van der Waals surface area contributed by atoms with Crippen LogP contribution in [-0.2, 0) is 92.5 Å². The first-order chi connectivity index (χ1) is 65.1. The Bertz CT molecular complexity index is 4480. The van der Waals surface area contributed by atoms with Crippen molar-refractivity contribution in [2.24, 2.45) is 82.3 Å². The zero-order valence-corrected chi connectivity index (χ0v) is 91.5. The summed E-state index contributed by atoms with van der Waals surface area (Å²) < 4.78 is 35.6. The first-order valence-corrected chi connectivity index (χ1v) is 53.8. The Morgan fingerprint density at radius 1 is 0.475 bits per heavy atom. The lowest BCUT2D eigenvalue weighted by Gasteiger charge is -2.38. The van der Waals surface area contributed by atoms with Gasteiger partial charge in [0, 0.05) is 180 Å². The summed E-state index contributed by atoms with van der Waals surface area (Å²) in [6.45, 7) is 68.9. The van der Waals surface area contributed by atoms with Gasteiger partial charge in [-0.05, 0) is 152 Å². The van der Waals surface area contributed by atoms with Crippen molar-refractivity contribution < 1.29 is 70.6 Å². The Kier molecular flexibility index (Phi) is 55.5. The number of ether oxygens (including phenoxy) is 1. The molecule has 7 saturated heterocycles. The van der Waals surface area contributed by atoms with Crippen LogP contribution in [0.5, 0.6) is 0 Å². The lowest BCUT2D eigenvalue weighted by atomic mass is 9.82. The second-order valence-electron chi connectivity index (χ2n) is 42.6. The van der Waals surface area contributed by atoms with Crippen LogP contribution in [-0.4, -0.2) is 230 Å². The van der Waals surface area contributed by atoms with E-state index in [1.54, 1.807) is 18.7 Å². The molecule has 0 bridgehead atoms. The number of nitrogens with zero attached hydrogens (tertiary/aromatic N) is 7. The number of halogens is 1. The van der Waals surface area contributed by atoms with E-state index in [0.717, 1.165) is 146 Å². The number of benzene rings is 4. The third-order valence-corrected chi connectivity index (χ3v) is 26.5. The molecule has 8 heterocycles. The fourth-order valence-corrected chi connectivity index (χ4v) is 17.1. The Morgan fingerprint density at radius 3 is 1.34 bits per heavy atom. The smallest absolute Gasteiger partial charge is 0.226 e. The molecule has 25 nitrogen and oxygen atoms in total. The minimum Gasteiger partial charge on any atom is -0.471 e. The summed E-state index contributed by atoms with van der Waals surface area (Å²) >= 11 is 0. The van der Waals surface area contributed by atoms with E-state index in [2.05, 4.69) is 99.5 Å². The number of hydrogen-bond donors (Lipinski definition) is 5. The van der Waals surface area contributed by atoms with Crippen LogP contribution in [0.25, 0.3) is 0 Å². The van der Waals surface area contributed by atoms with Gasteiger partial charge in [-0.15, -0.1) is 0 Å². The number of aryl methyl sites for hydroxylation is 2. The zero-order chi connectivity index (χ0) is 105. The molecule has 27 heteroatoms. The van der Waals surface area contributed by atoms with Crippen LogP contribution in [0.2, 0.25) is 0 Å². The van der Waals surface area contributed by atoms with Crippen LogP contribution in [0.3, 0.4) is 0 Å². The normalized spacial score (nSPS) is 19.4. The molecule has 1 spiro atoms. The highest BCUT2D eigenvalue weighted by molar-refractivity contribution is 7.95. The largest absolute Gasteiger partial charge is 0.471 e. The SMILES string of the molecule is C=C1NCC2(CCN(C(=O)C(C)C)CC2)O1.C=S(C)(=O)O[C@@H]1CN(C(=O)C(C)C)C[C@H]1F.CC(C)C(=O)N1CCC(C)(C)CC1.CC(C)C(=O)N1CCc2ccccc2C1.CC(C)C(=O)Nc1ccccc1.CC(C)CC(=O)N1C[C@H](C)[C@@H](O)C1.CCC1CCN(C(=O)C(C)C)CC1.CC[C@H]1CCCN(C(=O)C(C)C)C1.CCc1ccc(NC(=O)C(C)C)cc1.CCc1cccc(NC(=O)C(C)C)c1. The third kappa shape index (κ3) is 46.6. The Hall–Kier alpha value is -9.21. The average molecular weight is 1960 g/mol. The highest BCUT2D eigenvalue weighted by Crippen LogP contribution is 2.34. The standard InChI is InChI=1S/C13H17NO.C12H20N2O2.2C12H17NO.3C11H21NO.C10H18FNO3S.C10H19NO2.C10H13NO/c1-10(2)13(15)14-8-7-11-5-3-4-6-12(11)9-14;1-9(2)11(15)14-6-4-12(5-7-14)8-13-10(3)16-12;1-4-10-5-7-11(8-6-10)13-12(14)9(2)3;1-4-10-6-5-7-11(8-10)13-12(14)9(2)3;1-9(2)10(13)12-7-5-11(3,4)6-8-12;1-4-10-5-7-12(8-6-10)11(13)9(2)3;1-4-10-6-5-7-12(8-10)11(13)9(2)3;1-7(2)10(13)12-5-8(11)9(6-12)15-16(3,4)14;1-7(2)4-10(13)11-5-8(3)9(12)6-11;1-8(2)10(12)11-9-6-4-3-5-7-9/h3-6,10H,7-9H2,1-2H3;9,13H,3-8H2,1-2H3;2*5-9H,4H2,1-3H3,(H,13,14);9H,5-8H2,1-4H3;2*9-10H,4-8H2,1-3H3;7-9H,3,5-6H2,1-2,4H3;7-9,12H,4-6H2,1-3H3;3-8H,1-2H3,(H,11,12)/t;;;;;;10-;8-,9-,16?;8-,9-;/m......010./s1. The van der Waals surface area contributed by atoms with Crippen LogP contribution in [0.15, 0.2) is 116 Å². The van der Waals surface area contributed by atoms with Crippen LogP contribution < -0.4 is 21.3 Å². The van der Waals surface area contributed by atoms with Crippen molar-refractivity contribution in [2.45, 2.75) is 307 Å². The van der Waals surface area contributed by atoms with Gasteiger partial charge in [0.15, 0.2) is 5.88 Å². The number of likely N-dealkylation sites (tertiary alicyclic amines) is 6. The molecule has 0 saturated carbocycles. The molecule has 784 valence electrons. The summed E-state index contributed by atoms with van der Waals surface area (Å²) in [5, 5.41) is 21.1. The number of carbonyl (C=O) groups excluding carboxylic acids is 10. The zero-order valence-electron chi connectivity index (χ0n) is 90.6. The van der Waals surface area contributed by atoms with Crippen molar-refractivity contribution in [1.82, 2.24) is 39.6 Å². The molecule has 0 aromatic heterocycles. The van der Waals surface area contributed by atoms with Gasteiger partial charge in [-0.3, -0.25) is 52.1 Å². The number of carbonyl (C=O) groups is 10.